The van der Waals surface area contributed by atoms with Gasteiger partial charge in [0, 0.05) is 24.5 Å². The first-order valence-electron chi connectivity index (χ1n) is 11.4. The van der Waals surface area contributed by atoms with Gasteiger partial charge in [0.25, 0.3) is 5.91 Å². The highest BCUT2D eigenvalue weighted by molar-refractivity contribution is 6.34. The van der Waals surface area contributed by atoms with E-state index < -0.39 is 5.41 Å². The van der Waals surface area contributed by atoms with Gasteiger partial charge in [0.15, 0.2) is 0 Å². The summed E-state index contributed by atoms with van der Waals surface area (Å²) in [6, 6.07) is 14.5. The van der Waals surface area contributed by atoms with Crippen LogP contribution < -0.4 is 10.2 Å². The second kappa shape index (κ2) is 9.60. The smallest absolute Gasteiger partial charge is 0.259 e. The van der Waals surface area contributed by atoms with Gasteiger partial charge in [-0.25, -0.2) is 4.68 Å². The third-order valence-electron chi connectivity index (χ3n) is 6.36. The van der Waals surface area contributed by atoms with E-state index in [1.165, 1.54) is 0 Å². The quantitative estimate of drug-likeness (QED) is 0.579. The number of aliphatic hydroxyl groups is 1. The SMILES string of the molecule is Cc1ccn(-c2ccc(C(=O)N3CCC(C)(C(=O)N[C@@H](C)CO)Cc4ccccc43)c(Cl)c2)n1. The van der Waals surface area contributed by atoms with Gasteiger partial charge in [-0.2, -0.15) is 5.10 Å². The number of carbonyl (C=O) groups excluding carboxylic acids is 2. The Hall–Kier alpha value is -3.16. The molecule has 2 aromatic carbocycles. The van der Waals surface area contributed by atoms with Crippen molar-refractivity contribution in [2.45, 2.75) is 39.7 Å². The normalized spacial score (nSPS) is 18.7. The molecule has 178 valence electrons. The van der Waals surface area contributed by atoms with E-state index in [9.17, 15) is 14.7 Å². The molecule has 0 radical (unpaired) electrons. The van der Waals surface area contributed by atoms with Gasteiger partial charge in [0.2, 0.25) is 5.91 Å². The number of aliphatic hydroxyl groups excluding tert-OH is 1. The number of hydrogen-bond donors (Lipinski definition) is 2. The van der Waals surface area contributed by atoms with Gasteiger partial charge in [-0.3, -0.25) is 9.59 Å². The van der Waals surface area contributed by atoms with Gasteiger partial charge >= 0.3 is 0 Å². The average Bonchev–Trinajstić information content (AvgIpc) is 3.18. The van der Waals surface area contributed by atoms with Crippen LogP contribution in [-0.2, 0) is 11.2 Å². The van der Waals surface area contributed by atoms with Crippen molar-refractivity contribution in [3.8, 4) is 5.69 Å². The maximum absolute atomic E-state index is 13.7. The van der Waals surface area contributed by atoms with Crippen molar-refractivity contribution in [2.75, 3.05) is 18.1 Å². The summed E-state index contributed by atoms with van der Waals surface area (Å²) in [5.41, 5.74) is 3.03. The zero-order chi connectivity index (χ0) is 24.5. The second-order valence-electron chi connectivity index (χ2n) is 9.20. The van der Waals surface area contributed by atoms with E-state index in [1.54, 1.807) is 28.6 Å². The molecule has 1 aliphatic heterocycles. The lowest BCUT2D eigenvalue weighted by molar-refractivity contribution is -0.131. The molecular formula is C26H29ClN4O3. The van der Waals surface area contributed by atoms with Crippen LogP contribution in [0.5, 0.6) is 0 Å². The topological polar surface area (TPSA) is 87.5 Å². The average molecular weight is 481 g/mol. The summed E-state index contributed by atoms with van der Waals surface area (Å²) in [5.74, 6) is -0.343. The second-order valence-corrected chi connectivity index (χ2v) is 9.60. The van der Waals surface area contributed by atoms with Gasteiger partial charge in [0.05, 0.1) is 34.0 Å². The molecule has 3 aromatic rings. The number of aromatic nitrogens is 2. The van der Waals surface area contributed by atoms with E-state index in [0.717, 1.165) is 22.6 Å². The van der Waals surface area contributed by atoms with E-state index >= 15 is 0 Å². The number of halogens is 1. The van der Waals surface area contributed by atoms with Crippen LogP contribution in [-0.4, -0.2) is 45.9 Å². The molecule has 0 saturated carbocycles. The number of amides is 2. The number of aryl methyl sites for hydroxylation is 1. The van der Waals surface area contributed by atoms with Crippen molar-refractivity contribution in [1.82, 2.24) is 15.1 Å². The molecule has 2 N–H and O–H groups in total. The van der Waals surface area contributed by atoms with Crippen molar-refractivity contribution >= 4 is 29.1 Å². The number of anilines is 1. The Balaban J connectivity index is 1.64. The molecule has 2 atom stereocenters. The van der Waals surface area contributed by atoms with Crippen LogP contribution >= 0.6 is 11.6 Å². The Morgan fingerprint density at radius 1 is 1.24 bits per heavy atom. The molecule has 2 heterocycles. The predicted molar refractivity (Wildman–Crippen MR) is 133 cm³/mol. The Kier molecular flexibility index (Phi) is 6.77. The van der Waals surface area contributed by atoms with Crippen molar-refractivity contribution in [3.05, 3.63) is 76.6 Å². The molecule has 4 rings (SSSR count). The fraction of sp³-hybridized carbons (Fsp3) is 0.346. The van der Waals surface area contributed by atoms with Crippen molar-refractivity contribution < 1.29 is 14.7 Å². The maximum Gasteiger partial charge on any atom is 0.259 e. The van der Waals surface area contributed by atoms with Crippen LogP contribution in [0, 0.1) is 12.3 Å². The minimum Gasteiger partial charge on any atom is -0.394 e. The molecule has 1 aromatic heterocycles. The molecule has 34 heavy (non-hydrogen) atoms. The molecule has 2 amide bonds. The van der Waals surface area contributed by atoms with Gasteiger partial charge in [-0.1, -0.05) is 36.7 Å². The number of nitrogens with zero attached hydrogens (tertiary/aromatic N) is 3. The Morgan fingerprint density at radius 3 is 2.68 bits per heavy atom. The van der Waals surface area contributed by atoms with Crippen LogP contribution in [0.1, 0.15) is 41.9 Å². The largest absolute Gasteiger partial charge is 0.394 e. The van der Waals surface area contributed by atoms with Crippen LogP contribution in [0.25, 0.3) is 5.69 Å². The maximum atomic E-state index is 13.7. The Morgan fingerprint density at radius 2 is 2.00 bits per heavy atom. The fourth-order valence-electron chi connectivity index (χ4n) is 4.28. The first kappa shape index (κ1) is 24.0. The summed E-state index contributed by atoms with van der Waals surface area (Å²) in [7, 11) is 0. The van der Waals surface area contributed by atoms with Crippen LogP contribution in [0.2, 0.25) is 5.02 Å². The summed E-state index contributed by atoms with van der Waals surface area (Å²) < 4.78 is 1.72. The molecule has 0 fully saturated rings. The van der Waals surface area contributed by atoms with E-state index in [-0.39, 0.29) is 24.5 Å². The Labute approximate surface area is 204 Å². The summed E-state index contributed by atoms with van der Waals surface area (Å²) in [6.07, 6.45) is 2.80. The van der Waals surface area contributed by atoms with Crippen molar-refractivity contribution in [1.29, 1.82) is 0 Å². The molecule has 0 saturated heterocycles. The number of benzene rings is 2. The minimum atomic E-state index is -0.722. The molecule has 0 aliphatic carbocycles. The summed E-state index contributed by atoms with van der Waals surface area (Å²) in [6.45, 7) is 5.81. The highest BCUT2D eigenvalue weighted by atomic mass is 35.5. The predicted octanol–water partition coefficient (Wildman–Crippen LogP) is 3.93. The molecule has 0 spiro atoms. The lowest BCUT2D eigenvalue weighted by Crippen LogP contribution is -2.46. The first-order chi connectivity index (χ1) is 16.2. The first-order valence-corrected chi connectivity index (χ1v) is 11.7. The molecule has 7 nitrogen and oxygen atoms in total. The third-order valence-corrected chi connectivity index (χ3v) is 6.68. The molecule has 1 aliphatic rings. The number of hydrogen-bond acceptors (Lipinski definition) is 4. The molecule has 0 bridgehead atoms. The summed E-state index contributed by atoms with van der Waals surface area (Å²) >= 11 is 6.57. The van der Waals surface area contributed by atoms with Crippen LogP contribution in [0.15, 0.2) is 54.7 Å². The lowest BCUT2D eigenvalue weighted by atomic mass is 9.80. The molecular weight excluding hydrogens is 452 g/mol. The zero-order valence-electron chi connectivity index (χ0n) is 19.6. The van der Waals surface area contributed by atoms with Crippen LogP contribution in [0.4, 0.5) is 5.69 Å². The summed E-state index contributed by atoms with van der Waals surface area (Å²) in [5, 5.41) is 17.0. The monoisotopic (exact) mass is 480 g/mol. The van der Waals surface area contributed by atoms with E-state index in [1.807, 2.05) is 56.4 Å². The zero-order valence-corrected chi connectivity index (χ0v) is 20.3. The highest BCUT2D eigenvalue weighted by Crippen LogP contribution is 2.37. The number of para-hydroxylation sites is 1. The van der Waals surface area contributed by atoms with E-state index in [4.69, 9.17) is 11.6 Å². The minimum absolute atomic E-state index is 0.129. The lowest BCUT2D eigenvalue weighted by Gasteiger charge is -2.28. The number of nitrogens with one attached hydrogen (secondary N) is 1. The standard InChI is InChI=1S/C26H29ClN4O3/c1-17-10-12-31(29-17)20-8-9-21(22(27)14-20)24(33)30-13-11-26(3,25(34)28-18(2)16-32)15-19-6-4-5-7-23(19)30/h4-10,12,14,18,32H,11,13,15-16H2,1-3H3,(H,28,34)/t18-,26?/m0/s1. The molecule has 1 unspecified atom stereocenters. The van der Waals surface area contributed by atoms with Gasteiger partial charge in [-0.05, 0) is 62.6 Å². The van der Waals surface area contributed by atoms with Gasteiger partial charge in [0.1, 0.15) is 0 Å². The van der Waals surface area contributed by atoms with Gasteiger partial charge < -0.3 is 15.3 Å². The fourth-order valence-corrected chi connectivity index (χ4v) is 4.54. The van der Waals surface area contributed by atoms with Crippen LogP contribution in [0.3, 0.4) is 0 Å². The number of carbonyl (C=O) groups is 2. The van der Waals surface area contributed by atoms with Crippen molar-refractivity contribution in [2.24, 2.45) is 5.41 Å². The number of rotatable bonds is 5. The third kappa shape index (κ3) is 4.72. The van der Waals surface area contributed by atoms with Crippen molar-refractivity contribution in [3.63, 3.8) is 0 Å². The summed E-state index contributed by atoms with van der Waals surface area (Å²) in [4.78, 5) is 28.5. The Bertz CT molecular complexity index is 1220. The van der Waals surface area contributed by atoms with Gasteiger partial charge in [-0.15, -0.1) is 0 Å². The van der Waals surface area contributed by atoms with E-state index in [2.05, 4.69) is 10.4 Å². The highest BCUT2D eigenvalue weighted by Gasteiger charge is 2.39. The van der Waals surface area contributed by atoms with E-state index in [0.29, 0.717) is 30.0 Å². The number of fused-ring (bicyclic) bond motifs is 1. The molecule has 8 heteroatoms.